The number of aliphatic hydroxyl groups excluding tert-OH is 1. The van der Waals surface area contributed by atoms with Gasteiger partial charge in [-0.2, -0.15) is 0 Å². The first-order chi connectivity index (χ1) is 10.1. The SMILES string of the molecule is CC1CCCC(CCNCC(O)c2c(F)cccc2F)C1. The summed E-state index contributed by atoms with van der Waals surface area (Å²) in [6.07, 6.45) is 5.10. The number of halogens is 2. The standard InChI is InChI=1S/C17H25F2NO/c1-12-4-2-5-13(10-12)8-9-20-11-16(21)17-14(18)6-3-7-15(17)19/h3,6-7,12-13,16,20-21H,2,4-5,8-11H2,1H3. The van der Waals surface area contributed by atoms with E-state index in [1.807, 2.05) is 0 Å². The molecule has 2 rings (SSSR count). The van der Waals surface area contributed by atoms with Crippen LogP contribution in [-0.4, -0.2) is 18.2 Å². The quantitative estimate of drug-likeness (QED) is 0.783. The van der Waals surface area contributed by atoms with Crippen LogP contribution in [-0.2, 0) is 0 Å². The summed E-state index contributed by atoms with van der Waals surface area (Å²) in [5.41, 5.74) is -0.240. The maximum absolute atomic E-state index is 13.5. The molecule has 0 spiro atoms. The second-order valence-corrected chi connectivity index (χ2v) is 6.28. The van der Waals surface area contributed by atoms with E-state index in [9.17, 15) is 13.9 Å². The summed E-state index contributed by atoms with van der Waals surface area (Å²) in [6, 6.07) is 3.65. The number of aliphatic hydroxyl groups is 1. The van der Waals surface area contributed by atoms with Gasteiger partial charge in [0, 0.05) is 6.54 Å². The lowest BCUT2D eigenvalue weighted by Gasteiger charge is -2.26. The molecule has 4 heteroatoms. The molecule has 0 saturated heterocycles. The molecular weight excluding hydrogens is 272 g/mol. The molecule has 1 saturated carbocycles. The summed E-state index contributed by atoms with van der Waals surface area (Å²) in [7, 11) is 0. The van der Waals surface area contributed by atoms with Crippen molar-refractivity contribution >= 4 is 0 Å². The third kappa shape index (κ3) is 4.75. The highest BCUT2D eigenvalue weighted by Crippen LogP contribution is 2.30. The summed E-state index contributed by atoms with van der Waals surface area (Å²) in [5.74, 6) is 0.168. The highest BCUT2D eigenvalue weighted by Gasteiger charge is 2.19. The summed E-state index contributed by atoms with van der Waals surface area (Å²) in [6.45, 7) is 3.26. The van der Waals surface area contributed by atoms with Crippen molar-refractivity contribution in [2.45, 2.75) is 45.1 Å². The number of hydrogen-bond donors (Lipinski definition) is 2. The molecule has 3 unspecified atom stereocenters. The van der Waals surface area contributed by atoms with E-state index in [1.54, 1.807) is 0 Å². The summed E-state index contributed by atoms with van der Waals surface area (Å²) >= 11 is 0. The van der Waals surface area contributed by atoms with Crippen molar-refractivity contribution < 1.29 is 13.9 Å². The van der Waals surface area contributed by atoms with Crippen LogP contribution in [0.3, 0.4) is 0 Å². The van der Waals surface area contributed by atoms with Crippen molar-refractivity contribution in [3.63, 3.8) is 0 Å². The Labute approximate surface area is 125 Å². The molecule has 1 aliphatic carbocycles. The Hall–Kier alpha value is -1.00. The minimum Gasteiger partial charge on any atom is -0.387 e. The third-order valence-electron chi connectivity index (χ3n) is 4.44. The zero-order valence-electron chi connectivity index (χ0n) is 12.6. The van der Waals surface area contributed by atoms with Gasteiger partial charge in [-0.15, -0.1) is 0 Å². The first kappa shape index (κ1) is 16.4. The van der Waals surface area contributed by atoms with Gasteiger partial charge < -0.3 is 10.4 Å². The Kier molecular flexibility index (Phi) is 6.12. The van der Waals surface area contributed by atoms with E-state index in [4.69, 9.17) is 0 Å². The van der Waals surface area contributed by atoms with E-state index < -0.39 is 17.7 Å². The maximum atomic E-state index is 13.5. The lowest BCUT2D eigenvalue weighted by atomic mass is 9.81. The van der Waals surface area contributed by atoms with Gasteiger partial charge in [0.15, 0.2) is 0 Å². The first-order valence-electron chi connectivity index (χ1n) is 7.90. The predicted octanol–water partition coefficient (Wildman–Crippen LogP) is 3.80. The van der Waals surface area contributed by atoms with Gasteiger partial charge in [0.05, 0.1) is 11.7 Å². The maximum Gasteiger partial charge on any atom is 0.131 e. The molecule has 0 aromatic heterocycles. The van der Waals surface area contributed by atoms with Gasteiger partial charge in [0.1, 0.15) is 11.6 Å². The minimum absolute atomic E-state index is 0.181. The molecule has 0 aliphatic heterocycles. The first-order valence-corrected chi connectivity index (χ1v) is 7.90. The van der Waals surface area contributed by atoms with Crippen LogP contribution in [0.15, 0.2) is 18.2 Å². The number of hydrogen-bond acceptors (Lipinski definition) is 2. The van der Waals surface area contributed by atoms with Gasteiger partial charge in [-0.25, -0.2) is 8.78 Å². The van der Waals surface area contributed by atoms with Crippen molar-refractivity contribution in [1.29, 1.82) is 0 Å². The van der Waals surface area contributed by atoms with E-state index in [0.29, 0.717) is 0 Å². The smallest absolute Gasteiger partial charge is 0.131 e. The number of rotatable bonds is 6. The number of nitrogens with one attached hydrogen (secondary N) is 1. The van der Waals surface area contributed by atoms with E-state index >= 15 is 0 Å². The second kappa shape index (κ2) is 7.85. The van der Waals surface area contributed by atoms with E-state index in [2.05, 4.69) is 12.2 Å². The van der Waals surface area contributed by atoms with Crippen LogP contribution in [0, 0.1) is 23.5 Å². The van der Waals surface area contributed by atoms with Crippen LogP contribution < -0.4 is 5.32 Å². The molecule has 2 N–H and O–H groups in total. The topological polar surface area (TPSA) is 32.3 Å². The lowest BCUT2D eigenvalue weighted by molar-refractivity contribution is 0.163. The van der Waals surface area contributed by atoms with Crippen LogP contribution in [0.4, 0.5) is 8.78 Å². The molecule has 1 fully saturated rings. The van der Waals surface area contributed by atoms with Crippen LogP contribution in [0.5, 0.6) is 0 Å². The molecule has 1 aliphatic rings. The molecular formula is C17H25F2NO. The lowest BCUT2D eigenvalue weighted by Crippen LogP contribution is -2.26. The fraction of sp³-hybridized carbons (Fsp3) is 0.647. The summed E-state index contributed by atoms with van der Waals surface area (Å²) in [5, 5.41) is 13.0. The van der Waals surface area contributed by atoms with Crippen LogP contribution in [0.2, 0.25) is 0 Å². The third-order valence-corrected chi connectivity index (χ3v) is 4.44. The normalized spacial score (nSPS) is 24.0. The summed E-state index contributed by atoms with van der Waals surface area (Å²) in [4.78, 5) is 0. The van der Waals surface area contributed by atoms with Crippen LogP contribution in [0.1, 0.15) is 50.7 Å². The Balaban J connectivity index is 1.73. The van der Waals surface area contributed by atoms with Gasteiger partial charge in [-0.3, -0.25) is 0 Å². The molecule has 0 radical (unpaired) electrons. The monoisotopic (exact) mass is 297 g/mol. The fourth-order valence-electron chi connectivity index (χ4n) is 3.30. The molecule has 0 heterocycles. The molecule has 0 bridgehead atoms. The van der Waals surface area contributed by atoms with Crippen molar-refractivity contribution in [3.05, 3.63) is 35.4 Å². The van der Waals surface area contributed by atoms with Gasteiger partial charge in [-0.1, -0.05) is 32.3 Å². The molecule has 0 amide bonds. The van der Waals surface area contributed by atoms with Gasteiger partial charge in [-0.05, 0) is 43.4 Å². The Morgan fingerprint density at radius 1 is 1.29 bits per heavy atom. The molecule has 3 atom stereocenters. The largest absolute Gasteiger partial charge is 0.387 e. The molecule has 1 aromatic rings. The van der Waals surface area contributed by atoms with Crippen molar-refractivity contribution in [1.82, 2.24) is 5.32 Å². The molecule has 118 valence electrons. The Bertz CT molecular complexity index is 432. The minimum atomic E-state index is -1.14. The van der Waals surface area contributed by atoms with Gasteiger partial charge in [0.2, 0.25) is 0 Å². The zero-order valence-corrected chi connectivity index (χ0v) is 12.6. The fourth-order valence-corrected chi connectivity index (χ4v) is 3.30. The molecule has 1 aromatic carbocycles. The average molecular weight is 297 g/mol. The van der Waals surface area contributed by atoms with Gasteiger partial charge in [0.25, 0.3) is 0 Å². The van der Waals surface area contributed by atoms with E-state index in [0.717, 1.165) is 24.8 Å². The summed E-state index contributed by atoms with van der Waals surface area (Å²) < 4.78 is 27.0. The molecule has 21 heavy (non-hydrogen) atoms. The highest BCUT2D eigenvalue weighted by molar-refractivity contribution is 5.22. The Morgan fingerprint density at radius 3 is 2.67 bits per heavy atom. The number of benzene rings is 1. The van der Waals surface area contributed by atoms with Crippen LogP contribution in [0.25, 0.3) is 0 Å². The predicted molar refractivity (Wildman–Crippen MR) is 79.9 cm³/mol. The molecule has 2 nitrogen and oxygen atoms in total. The average Bonchev–Trinajstić information content (AvgIpc) is 2.43. The Morgan fingerprint density at radius 2 is 2.00 bits per heavy atom. The second-order valence-electron chi connectivity index (χ2n) is 6.28. The van der Waals surface area contributed by atoms with Crippen molar-refractivity contribution in [3.8, 4) is 0 Å². The van der Waals surface area contributed by atoms with Gasteiger partial charge >= 0.3 is 0 Å². The van der Waals surface area contributed by atoms with Crippen molar-refractivity contribution in [2.24, 2.45) is 11.8 Å². The highest BCUT2D eigenvalue weighted by atomic mass is 19.1. The van der Waals surface area contributed by atoms with E-state index in [-0.39, 0.29) is 12.1 Å². The van der Waals surface area contributed by atoms with Crippen molar-refractivity contribution in [2.75, 3.05) is 13.1 Å². The zero-order chi connectivity index (χ0) is 15.2. The van der Waals surface area contributed by atoms with Crippen LogP contribution >= 0.6 is 0 Å². The van der Waals surface area contributed by atoms with E-state index in [1.165, 1.54) is 43.9 Å².